The Bertz CT molecular complexity index is 920. The Balaban J connectivity index is 1.84. The molecule has 3 rings (SSSR count). The van der Waals surface area contributed by atoms with Gasteiger partial charge in [0.2, 0.25) is 5.91 Å². The standard InChI is InChI=1S/C19H22ClN3O3S/c1-4-7-23-18(25)15-8-14(20)5-6-16(15)21-19(23)27-11-17(24)22-9-12(2)26-13(3)10-22/h4-6,8,12-13H,1,7,9-11H2,2-3H3/t12-,13+. The average Bonchev–Trinajstić information content (AvgIpc) is 2.62. The van der Waals surface area contributed by atoms with Gasteiger partial charge < -0.3 is 9.64 Å². The molecule has 0 unspecified atom stereocenters. The van der Waals surface area contributed by atoms with E-state index in [4.69, 9.17) is 16.3 Å². The number of morpholine rings is 1. The second-order valence-corrected chi connectivity index (χ2v) is 7.98. The molecule has 0 radical (unpaired) electrons. The molecule has 1 saturated heterocycles. The molecule has 27 heavy (non-hydrogen) atoms. The van der Waals surface area contributed by atoms with Crippen molar-refractivity contribution in [3.05, 3.63) is 46.2 Å². The van der Waals surface area contributed by atoms with Crippen molar-refractivity contribution in [3.8, 4) is 0 Å². The van der Waals surface area contributed by atoms with E-state index in [1.54, 1.807) is 24.3 Å². The van der Waals surface area contributed by atoms with Crippen molar-refractivity contribution in [1.29, 1.82) is 0 Å². The van der Waals surface area contributed by atoms with Crippen molar-refractivity contribution in [2.45, 2.75) is 37.8 Å². The largest absolute Gasteiger partial charge is 0.372 e. The van der Waals surface area contributed by atoms with E-state index in [1.807, 2.05) is 18.7 Å². The lowest BCUT2D eigenvalue weighted by molar-refractivity contribution is -0.140. The lowest BCUT2D eigenvalue weighted by Crippen LogP contribution is -2.48. The molecule has 0 spiro atoms. The molecule has 8 heteroatoms. The van der Waals surface area contributed by atoms with Crippen LogP contribution < -0.4 is 5.56 Å². The molecular weight excluding hydrogens is 386 g/mol. The van der Waals surface area contributed by atoms with Crippen LogP contribution >= 0.6 is 23.4 Å². The highest BCUT2D eigenvalue weighted by Gasteiger charge is 2.26. The zero-order chi connectivity index (χ0) is 19.6. The van der Waals surface area contributed by atoms with Crippen LogP contribution in [0.2, 0.25) is 5.02 Å². The van der Waals surface area contributed by atoms with Gasteiger partial charge in [0.1, 0.15) is 0 Å². The van der Waals surface area contributed by atoms with Crippen LogP contribution in [0.5, 0.6) is 0 Å². The number of carbonyl (C=O) groups excluding carboxylic acids is 1. The van der Waals surface area contributed by atoms with Crippen LogP contribution in [0.3, 0.4) is 0 Å². The molecule has 1 aliphatic heterocycles. The normalized spacial score (nSPS) is 20.0. The zero-order valence-corrected chi connectivity index (χ0v) is 16.9. The zero-order valence-electron chi connectivity index (χ0n) is 15.4. The maximum atomic E-state index is 12.8. The Morgan fingerprint density at radius 1 is 1.41 bits per heavy atom. The van der Waals surface area contributed by atoms with E-state index in [0.29, 0.717) is 40.7 Å². The molecule has 0 aliphatic carbocycles. The number of hydrogen-bond donors (Lipinski definition) is 0. The Morgan fingerprint density at radius 2 is 2.11 bits per heavy atom. The molecule has 1 amide bonds. The molecular formula is C19H22ClN3O3S. The molecule has 2 heterocycles. The van der Waals surface area contributed by atoms with Gasteiger partial charge in [-0.1, -0.05) is 29.4 Å². The monoisotopic (exact) mass is 407 g/mol. The SMILES string of the molecule is C=CCn1c(SCC(=O)N2C[C@@H](C)O[C@@H](C)C2)nc2ccc(Cl)cc2c1=O. The van der Waals surface area contributed by atoms with Crippen LogP contribution in [0.15, 0.2) is 40.8 Å². The first kappa shape index (κ1) is 19.9. The van der Waals surface area contributed by atoms with Crippen LogP contribution in [0.1, 0.15) is 13.8 Å². The predicted molar refractivity (Wildman–Crippen MR) is 109 cm³/mol. The van der Waals surface area contributed by atoms with Gasteiger partial charge in [-0.25, -0.2) is 4.98 Å². The van der Waals surface area contributed by atoms with Crippen LogP contribution in [0.4, 0.5) is 0 Å². The third-order valence-electron chi connectivity index (χ3n) is 4.29. The minimum Gasteiger partial charge on any atom is -0.372 e. The van der Waals surface area contributed by atoms with E-state index in [9.17, 15) is 9.59 Å². The highest BCUT2D eigenvalue weighted by atomic mass is 35.5. The summed E-state index contributed by atoms with van der Waals surface area (Å²) in [5, 5.41) is 1.44. The van der Waals surface area contributed by atoms with Crippen LogP contribution in [0.25, 0.3) is 10.9 Å². The topological polar surface area (TPSA) is 64.4 Å². The number of aromatic nitrogens is 2. The Kier molecular flexibility index (Phi) is 6.24. The van der Waals surface area contributed by atoms with Gasteiger partial charge >= 0.3 is 0 Å². The summed E-state index contributed by atoms with van der Waals surface area (Å²) in [6, 6.07) is 5.03. The van der Waals surface area contributed by atoms with E-state index in [-0.39, 0.29) is 29.4 Å². The Hall–Kier alpha value is -1.83. The van der Waals surface area contributed by atoms with Crippen LogP contribution in [0, 0.1) is 0 Å². The molecule has 0 bridgehead atoms. The molecule has 1 aromatic heterocycles. The molecule has 0 N–H and O–H groups in total. The van der Waals surface area contributed by atoms with E-state index >= 15 is 0 Å². The van der Waals surface area contributed by atoms with Crippen molar-refractivity contribution in [3.63, 3.8) is 0 Å². The van der Waals surface area contributed by atoms with Gasteiger partial charge in [-0.3, -0.25) is 14.2 Å². The lowest BCUT2D eigenvalue weighted by Gasteiger charge is -2.35. The number of rotatable bonds is 5. The van der Waals surface area contributed by atoms with Gasteiger partial charge in [-0.2, -0.15) is 0 Å². The first-order chi connectivity index (χ1) is 12.9. The van der Waals surface area contributed by atoms with Gasteiger partial charge in [0.25, 0.3) is 5.56 Å². The molecule has 1 aromatic carbocycles. The fraction of sp³-hybridized carbons (Fsp3) is 0.421. The van der Waals surface area contributed by atoms with E-state index in [1.165, 1.54) is 16.3 Å². The first-order valence-electron chi connectivity index (χ1n) is 8.76. The second kappa shape index (κ2) is 8.46. The third kappa shape index (κ3) is 4.54. The number of halogens is 1. The average molecular weight is 408 g/mol. The number of benzene rings is 1. The van der Waals surface area contributed by atoms with Crippen LogP contribution in [-0.4, -0.2) is 51.4 Å². The molecule has 2 atom stereocenters. The second-order valence-electron chi connectivity index (χ2n) is 6.60. The molecule has 2 aromatic rings. The Labute approximate surface area is 167 Å². The number of carbonyl (C=O) groups is 1. The van der Waals surface area contributed by atoms with Gasteiger partial charge in [0, 0.05) is 24.7 Å². The number of nitrogens with zero attached hydrogens (tertiary/aromatic N) is 3. The molecule has 1 aliphatic rings. The third-order valence-corrected chi connectivity index (χ3v) is 5.49. The summed E-state index contributed by atoms with van der Waals surface area (Å²) >= 11 is 7.27. The minimum absolute atomic E-state index is 0.0117. The summed E-state index contributed by atoms with van der Waals surface area (Å²) in [6.07, 6.45) is 1.67. The number of amides is 1. The van der Waals surface area contributed by atoms with Gasteiger partial charge in [-0.05, 0) is 32.0 Å². The summed E-state index contributed by atoms with van der Waals surface area (Å²) in [5.41, 5.74) is 0.374. The van der Waals surface area contributed by atoms with Crippen molar-refractivity contribution < 1.29 is 9.53 Å². The predicted octanol–water partition coefficient (Wildman–Crippen LogP) is 2.96. The maximum absolute atomic E-state index is 12.8. The summed E-state index contributed by atoms with van der Waals surface area (Å²) in [4.78, 5) is 31.8. The van der Waals surface area contributed by atoms with Gasteiger partial charge in [0.15, 0.2) is 5.16 Å². The number of allylic oxidation sites excluding steroid dienone is 1. The number of ether oxygens (including phenoxy) is 1. The van der Waals surface area contributed by atoms with E-state index < -0.39 is 0 Å². The van der Waals surface area contributed by atoms with E-state index in [2.05, 4.69) is 11.6 Å². The highest BCUT2D eigenvalue weighted by molar-refractivity contribution is 7.99. The van der Waals surface area contributed by atoms with Crippen LogP contribution in [-0.2, 0) is 16.1 Å². The van der Waals surface area contributed by atoms with Crippen molar-refractivity contribution >= 4 is 40.2 Å². The lowest BCUT2D eigenvalue weighted by atomic mass is 10.2. The van der Waals surface area contributed by atoms with Gasteiger partial charge in [-0.15, -0.1) is 6.58 Å². The van der Waals surface area contributed by atoms with Gasteiger partial charge in [0.05, 0.1) is 28.9 Å². The smallest absolute Gasteiger partial charge is 0.262 e. The number of thioether (sulfide) groups is 1. The highest BCUT2D eigenvalue weighted by Crippen LogP contribution is 2.21. The molecule has 6 nitrogen and oxygen atoms in total. The quantitative estimate of drug-likeness (QED) is 0.433. The maximum Gasteiger partial charge on any atom is 0.262 e. The molecule has 0 saturated carbocycles. The summed E-state index contributed by atoms with van der Waals surface area (Å²) in [6.45, 7) is 9.10. The number of hydrogen-bond acceptors (Lipinski definition) is 5. The minimum atomic E-state index is -0.189. The fourth-order valence-electron chi connectivity index (χ4n) is 3.17. The fourth-order valence-corrected chi connectivity index (χ4v) is 4.26. The molecule has 1 fully saturated rings. The summed E-state index contributed by atoms with van der Waals surface area (Å²) in [7, 11) is 0. The summed E-state index contributed by atoms with van der Waals surface area (Å²) in [5.74, 6) is 0.222. The van der Waals surface area contributed by atoms with Crippen molar-refractivity contribution in [1.82, 2.24) is 14.5 Å². The van der Waals surface area contributed by atoms with Crippen molar-refractivity contribution in [2.24, 2.45) is 0 Å². The number of fused-ring (bicyclic) bond motifs is 1. The summed E-state index contributed by atoms with van der Waals surface area (Å²) < 4.78 is 7.20. The molecule has 144 valence electrons. The van der Waals surface area contributed by atoms with Crippen molar-refractivity contribution in [2.75, 3.05) is 18.8 Å². The Morgan fingerprint density at radius 3 is 2.78 bits per heavy atom. The first-order valence-corrected chi connectivity index (χ1v) is 10.1. The van der Waals surface area contributed by atoms with E-state index in [0.717, 1.165) is 0 Å².